The Morgan fingerprint density at radius 3 is 2.59 bits per heavy atom. The first-order chi connectivity index (χ1) is 19.9. The van der Waals surface area contributed by atoms with E-state index in [9.17, 15) is 14.4 Å². The maximum Gasteiger partial charge on any atom is 0.407 e. The molecule has 2 heterocycles. The fraction of sp³-hybridized carbons (Fsp3) is 0.290. The van der Waals surface area contributed by atoms with Crippen LogP contribution in [0.25, 0.3) is 11.0 Å². The van der Waals surface area contributed by atoms with Crippen LogP contribution in [-0.2, 0) is 11.3 Å². The number of aromatic amines is 1. The number of aromatic nitrogens is 2. The van der Waals surface area contributed by atoms with Gasteiger partial charge in [0.25, 0.3) is 11.8 Å². The Hall–Kier alpha value is -4.37. The van der Waals surface area contributed by atoms with E-state index < -0.39 is 12.1 Å². The van der Waals surface area contributed by atoms with Gasteiger partial charge in [-0.15, -0.1) is 0 Å². The molecule has 41 heavy (non-hydrogen) atoms. The van der Waals surface area contributed by atoms with E-state index in [-0.39, 0.29) is 25.0 Å². The van der Waals surface area contributed by atoms with Crippen molar-refractivity contribution in [2.45, 2.75) is 38.8 Å². The van der Waals surface area contributed by atoms with Gasteiger partial charge in [0.2, 0.25) is 0 Å². The van der Waals surface area contributed by atoms with E-state index in [2.05, 4.69) is 20.6 Å². The number of ether oxygens (including phenoxy) is 1. The van der Waals surface area contributed by atoms with Crippen molar-refractivity contribution in [2.75, 3.05) is 19.6 Å². The molecule has 9 nitrogen and oxygen atoms in total. The minimum atomic E-state index is -0.552. The first kappa shape index (κ1) is 28.2. The van der Waals surface area contributed by atoms with Gasteiger partial charge in [0.15, 0.2) is 0 Å². The highest BCUT2D eigenvalue weighted by Crippen LogP contribution is 2.23. The molecule has 0 aliphatic carbocycles. The summed E-state index contributed by atoms with van der Waals surface area (Å²) in [7, 11) is 0. The predicted octanol–water partition coefficient (Wildman–Crippen LogP) is 5.55. The molecule has 1 unspecified atom stereocenters. The molecule has 1 aromatic heterocycles. The number of imidazole rings is 1. The van der Waals surface area contributed by atoms with Gasteiger partial charge in [-0.05, 0) is 73.7 Å². The topological polar surface area (TPSA) is 116 Å². The highest BCUT2D eigenvalue weighted by atomic mass is 35.5. The third-order valence-corrected chi connectivity index (χ3v) is 7.36. The number of fused-ring (bicyclic) bond motifs is 1. The molecule has 10 heteroatoms. The molecule has 0 saturated carbocycles. The Balaban J connectivity index is 1.27. The average Bonchev–Trinajstić information content (AvgIpc) is 3.66. The Kier molecular flexibility index (Phi) is 8.84. The molecule has 0 radical (unpaired) electrons. The summed E-state index contributed by atoms with van der Waals surface area (Å²) in [6, 6.07) is 19.3. The van der Waals surface area contributed by atoms with E-state index in [1.165, 1.54) is 0 Å². The number of H-pyrrole nitrogens is 1. The van der Waals surface area contributed by atoms with Gasteiger partial charge in [-0.25, -0.2) is 9.78 Å². The van der Waals surface area contributed by atoms with Crippen molar-refractivity contribution in [1.29, 1.82) is 0 Å². The molecular formula is C31H32ClN5O4. The predicted molar refractivity (Wildman–Crippen MR) is 157 cm³/mol. The summed E-state index contributed by atoms with van der Waals surface area (Å²) >= 11 is 6.15. The van der Waals surface area contributed by atoms with Crippen LogP contribution in [0, 0.1) is 6.92 Å². The maximum absolute atomic E-state index is 13.4. The molecule has 0 spiro atoms. The van der Waals surface area contributed by atoms with Crippen LogP contribution in [0.5, 0.6) is 0 Å². The zero-order chi connectivity index (χ0) is 28.8. The second kappa shape index (κ2) is 12.9. The number of nitrogens with zero attached hydrogens (tertiary/aromatic N) is 2. The van der Waals surface area contributed by atoms with Crippen molar-refractivity contribution in [3.63, 3.8) is 0 Å². The van der Waals surface area contributed by atoms with Crippen molar-refractivity contribution in [2.24, 2.45) is 0 Å². The number of amides is 3. The fourth-order valence-electron chi connectivity index (χ4n) is 4.91. The van der Waals surface area contributed by atoms with Crippen LogP contribution in [0.4, 0.5) is 4.79 Å². The number of alkyl carbamates (subject to hydrolysis) is 1. The number of carbonyl (C=O) groups is 3. The highest BCUT2D eigenvalue weighted by Gasteiger charge is 2.23. The zero-order valence-electron chi connectivity index (χ0n) is 22.8. The lowest BCUT2D eigenvalue weighted by molar-refractivity contribution is 0.0791. The number of nitrogens with one attached hydrogen (secondary N) is 3. The number of benzene rings is 3. The minimum absolute atomic E-state index is 0.00371. The van der Waals surface area contributed by atoms with Gasteiger partial charge in [0, 0.05) is 35.8 Å². The van der Waals surface area contributed by atoms with Gasteiger partial charge in [0.05, 0.1) is 17.1 Å². The summed E-state index contributed by atoms with van der Waals surface area (Å²) in [5.41, 5.74) is 4.11. The smallest absolute Gasteiger partial charge is 0.407 e. The SMILES string of the molecule is Cc1cc(C(=O)NC(CCNC(=O)OCc2ccccc2)c2nc3ccc(Cl)cc3[nH]2)ccc1C(=O)N1CCCC1. The Morgan fingerprint density at radius 1 is 1.05 bits per heavy atom. The number of hydrogen-bond acceptors (Lipinski definition) is 5. The lowest BCUT2D eigenvalue weighted by Gasteiger charge is -2.19. The molecule has 3 N–H and O–H groups in total. The summed E-state index contributed by atoms with van der Waals surface area (Å²) in [5.74, 6) is 0.215. The van der Waals surface area contributed by atoms with Crippen molar-refractivity contribution in [1.82, 2.24) is 25.5 Å². The molecule has 1 saturated heterocycles. The summed E-state index contributed by atoms with van der Waals surface area (Å²) in [6.07, 6.45) is 1.83. The first-order valence-electron chi connectivity index (χ1n) is 13.7. The average molecular weight is 574 g/mol. The lowest BCUT2D eigenvalue weighted by atomic mass is 10.0. The first-order valence-corrected chi connectivity index (χ1v) is 14.1. The molecule has 4 aromatic rings. The molecule has 1 fully saturated rings. The molecular weight excluding hydrogens is 542 g/mol. The van der Waals surface area contributed by atoms with Crippen LogP contribution in [0.2, 0.25) is 5.02 Å². The number of hydrogen-bond donors (Lipinski definition) is 3. The Labute approximate surface area is 243 Å². The van der Waals surface area contributed by atoms with Crippen LogP contribution in [0.3, 0.4) is 0 Å². The van der Waals surface area contributed by atoms with Gasteiger partial charge in [-0.1, -0.05) is 41.9 Å². The third kappa shape index (κ3) is 7.05. The van der Waals surface area contributed by atoms with Crippen LogP contribution in [-0.4, -0.2) is 52.4 Å². The summed E-state index contributed by atoms with van der Waals surface area (Å²) in [5, 5.41) is 6.35. The molecule has 1 atom stereocenters. The van der Waals surface area contributed by atoms with Crippen molar-refractivity contribution >= 4 is 40.5 Å². The summed E-state index contributed by atoms with van der Waals surface area (Å²) in [6.45, 7) is 3.76. The van der Waals surface area contributed by atoms with Gasteiger partial charge in [-0.3, -0.25) is 9.59 Å². The molecule has 3 amide bonds. The highest BCUT2D eigenvalue weighted by molar-refractivity contribution is 6.31. The maximum atomic E-state index is 13.4. The zero-order valence-corrected chi connectivity index (χ0v) is 23.5. The summed E-state index contributed by atoms with van der Waals surface area (Å²) in [4.78, 5) is 48.3. The van der Waals surface area contributed by atoms with E-state index in [0.717, 1.165) is 42.6 Å². The molecule has 3 aromatic carbocycles. The van der Waals surface area contributed by atoms with Crippen LogP contribution in [0.1, 0.15) is 63.0 Å². The standard InChI is InChI=1S/C31H32ClN5O4/c1-20-17-22(9-11-24(20)30(39)37-15-5-6-16-37)29(38)36-26(28-34-25-12-10-23(32)18-27(25)35-28)13-14-33-31(40)41-19-21-7-3-2-4-8-21/h2-4,7-12,17-18,26H,5-6,13-16,19H2,1H3,(H,33,40)(H,34,35)(H,36,38). The van der Waals surface area contributed by atoms with Gasteiger partial charge in [0.1, 0.15) is 12.4 Å². The van der Waals surface area contributed by atoms with E-state index in [1.54, 1.807) is 36.4 Å². The largest absolute Gasteiger partial charge is 0.445 e. The van der Waals surface area contributed by atoms with Crippen LogP contribution >= 0.6 is 11.6 Å². The number of rotatable bonds is 9. The van der Waals surface area contributed by atoms with Gasteiger partial charge >= 0.3 is 6.09 Å². The van der Waals surface area contributed by atoms with Crippen LogP contribution < -0.4 is 10.6 Å². The van der Waals surface area contributed by atoms with E-state index >= 15 is 0 Å². The van der Waals surface area contributed by atoms with Crippen molar-refractivity contribution < 1.29 is 19.1 Å². The molecule has 1 aliphatic heterocycles. The lowest BCUT2D eigenvalue weighted by Crippen LogP contribution is -2.33. The quantitative estimate of drug-likeness (QED) is 0.243. The van der Waals surface area contributed by atoms with E-state index in [0.29, 0.717) is 33.9 Å². The van der Waals surface area contributed by atoms with Gasteiger partial charge in [-0.2, -0.15) is 0 Å². The van der Waals surface area contributed by atoms with Crippen molar-refractivity contribution in [3.8, 4) is 0 Å². The Bertz CT molecular complexity index is 1550. The fourth-order valence-corrected chi connectivity index (χ4v) is 5.09. The van der Waals surface area contributed by atoms with Crippen LogP contribution in [0.15, 0.2) is 66.7 Å². The van der Waals surface area contributed by atoms with Gasteiger partial charge < -0.3 is 25.3 Å². The van der Waals surface area contributed by atoms with E-state index in [1.807, 2.05) is 42.2 Å². The molecule has 1 aliphatic rings. The minimum Gasteiger partial charge on any atom is -0.445 e. The third-order valence-electron chi connectivity index (χ3n) is 7.13. The molecule has 5 rings (SSSR count). The Morgan fingerprint density at radius 2 is 1.83 bits per heavy atom. The monoisotopic (exact) mass is 573 g/mol. The summed E-state index contributed by atoms with van der Waals surface area (Å²) < 4.78 is 5.30. The number of likely N-dealkylation sites (tertiary alicyclic amines) is 1. The normalized spacial score (nSPS) is 13.7. The number of halogens is 1. The van der Waals surface area contributed by atoms with Crippen molar-refractivity contribution in [3.05, 3.63) is 99.8 Å². The molecule has 212 valence electrons. The van der Waals surface area contributed by atoms with E-state index in [4.69, 9.17) is 16.3 Å². The molecule has 0 bridgehead atoms. The second-order valence-electron chi connectivity index (χ2n) is 10.1. The number of carbonyl (C=O) groups excluding carboxylic acids is 3. The second-order valence-corrected chi connectivity index (χ2v) is 10.6. The number of aryl methyl sites for hydroxylation is 1.